The van der Waals surface area contributed by atoms with Crippen LogP contribution in [-0.2, 0) is 19.2 Å². The van der Waals surface area contributed by atoms with Gasteiger partial charge in [0.1, 0.15) is 28.6 Å². The maximum atomic E-state index is 13.1. The van der Waals surface area contributed by atoms with E-state index in [1.54, 1.807) is 5.38 Å². The molecule has 184 valence electrons. The van der Waals surface area contributed by atoms with Crippen molar-refractivity contribution in [3.05, 3.63) is 23.2 Å². The number of allylic oxidation sites excluding steroid dienone is 1. The summed E-state index contributed by atoms with van der Waals surface area (Å²) in [4.78, 5) is 49.1. The Morgan fingerprint density at radius 2 is 2.29 bits per heavy atom. The van der Waals surface area contributed by atoms with Crippen molar-refractivity contribution in [1.29, 1.82) is 0 Å². The molecule has 2 amide bonds. The number of nitrogen functional groups attached to an aromatic ring is 1. The molecule has 1 aliphatic carbocycles. The molecule has 6 N–H and O–H groups in total. The fourth-order valence-electron chi connectivity index (χ4n) is 3.88. The SMILES string of the molecule is NCCSCC1(C(=O)O)CS[C@@H]2C(NC(=O)C(=NOC3C=CCC3)c3csc(N)n3)C(=O)N2C1. The van der Waals surface area contributed by atoms with E-state index >= 15 is 0 Å². The van der Waals surface area contributed by atoms with E-state index in [0.717, 1.165) is 12.8 Å². The molecule has 3 unspecified atom stereocenters. The predicted molar refractivity (Wildman–Crippen MR) is 133 cm³/mol. The molecule has 2 saturated heterocycles. The number of anilines is 1. The number of nitrogens with two attached hydrogens (primary N) is 2. The number of carbonyl (C=O) groups excluding carboxylic acids is 2. The van der Waals surface area contributed by atoms with E-state index in [-0.39, 0.29) is 40.5 Å². The minimum atomic E-state index is -1.04. The monoisotopic (exact) mass is 526 g/mol. The lowest BCUT2D eigenvalue weighted by Gasteiger charge is -2.53. The van der Waals surface area contributed by atoms with E-state index in [1.165, 1.54) is 39.8 Å². The summed E-state index contributed by atoms with van der Waals surface area (Å²) in [5.74, 6) is -0.498. The van der Waals surface area contributed by atoms with Gasteiger partial charge in [0.05, 0.1) is 0 Å². The van der Waals surface area contributed by atoms with Gasteiger partial charge in [0.2, 0.25) is 5.91 Å². The molecule has 3 heterocycles. The lowest BCUT2D eigenvalue weighted by molar-refractivity contribution is -0.157. The maximum absolute atomic E-state index is 13.1. The first-order valence-corrected chi connectivity index (χ1v) is 13.8. The molecule has 0 saturated carbocycles. The first-order valence-electron chi connectivity index (χ1n) is 10.7. The zero-order chi connectivity index (χ0) is 24.3. The second-order valence-corrected chi connectivity index (χ2v) is 11.3. The first kappa shape index (κ1) is 24.8. The van der Waals surface area contributed by atoms with Crippen molar-refractivity contribution in [3.8, 4) is 0 Å². The van der Waals surface area contributed by atoms with Gasteiger partial charge in [-0.1, -0.05) is 11.2 Å². The molecule has 34 heavy (non-hydrogen) atoms. The van der Waals surface area contributed by atoms with Crippen LogP contribution in [0.2, 0.25) is 0 Å². The summed E-state index contributed by atoms with van der Waals surface area (Å²) >= 11 is 3.99. The van der Waals surface area contributed by atoms with E-state index in [1.807, 2.05) is 12.2 Å². The summed E-state index contributed by atoms with van der Waals surface area (Å²) in [7, 11) is 0. The molecule has 4 rings (SSSR count). The molecule has 4 atom stereocenters. The number of β-lactam (4-membered cyclic amide) rings is 1. The summed E-state index contributed by atoms with van der Waals surface area (Å²) in [6.07, 6.45) is 5.27. The molecular formula is C20H26N6O5S3. The molecule has 0 aromatic carbocycles. The number of hydrogen-bond donors (Lipinski definition) is 4. The molecule has 0 radical (unpaired) electrons. The average molecular weight is 527 g/mol. The maximum Gasteiger partial charge on any atom is 0.313 e. The number of hydrogen-bond acceptors (Lipinski definition) is 11. The van der Waals surface area contributed by atoms with Gasteiger partial charge in [0.25, 0.3) is 5.91 Å². The number of aromatic nitrogens is 1. The molecule has 11 nitrogen and oxygen atoms in total. The van der Waals surface area contributed by atoms with Crippen molar-refractivity contribution in [2.24, 2.45) is 16.3 Å². The van der Waals surface area contributed by atoms with Gasteiger partial charge >= 0.3 is 5.97 Å². The Balaban J connectivity index is 1.43. The highest BCUT2D eigenvalue weighted by Crippen LogP contribution is 2.43. The number of carbonyl (C=O) groups is 3. The summed E-state index contributed by atoms with van der Waals surface area (Å²) < 4.78 is 0. The van der Waals surface area contributed by atoms with Gasteiger partial charge in [-0.2, -0.15) is 11.8 Å². The smallest absolute Gasteiger partial charge is 0.313 e. The van der Waals surface area contributed by atoms with Crippen molar-refractivity contribution >= 4 is 63.5 Å². The minimum absolute atomic E-state index is 0.0571. The van der Waals surface area contributed by atoms with Crippen LogP contribution in [0.1, 0.15) is 18.5 Å². The van der Waals surface area contributed by atoms with Gasteiger partial charge < -0.3 is 31.6 Å². The Labute approximate surface area is 208 Å². The first-order chi connectivity index (χ1) is 16.3. The van der Waals surface area contributed by atoms with Crippen molar-refractivity contribution in [3.63, 3.8) is 0 Å². The van der Waals surface area contributed by atoms with E-state index in [9.17, 15) is 19.5 Å². The molecule has 2 fully saturated rings. The van der Waals surface area contributed by atoms with Gasteiger partial charge in [-0.3, -0.25) is 14.4 Å². The van der Waals surface area contributed by atoms with Crippen molar-refractivity contribution in [2.75, 3.05) is 36.1 Å². The zero-order valence-electron chi connectivity index (χ0n) is 18.2. The van der Waals surface area contributed by atoms with Crippen LogP contribution in [0.5, 0.6) is 0 Å². The van der Waals surface area contributed by atoms with Crippen LogP contribution < -0.4 is 16.8 Å². The second kappa shape index (κ2) is 10.5. The van der Waals surface area contributed by atoms with E-state index in [4.69, 9.17) is 16.3 Å². The van der Waals surface area contributed by atoms with Crippen LogP contribution in [0.15, 0.2) is 22.7 Å². The normalized spacial score (nSPS) is 28.4. The number of rotatable bonds is 10. The number of nitrogens with one attached hydrogen (secondary N) is 1. The highest BCUT2D eigenvalue weighted by molar-refractivity contribution is 8.00. The Bertz CT molecular complexity index is 1020. The van der Waals surface area contributed by atoms with Gasteiger partial charge in [-0.25, -0.2) is 4.98 Å². The molecular weight excluding hydrogens is 500 g/mol. The molecule has 2 aliphatic heterocycles. The van der Waals surface area contributed by atoms with Crippen LogP contribution in [0, 0.1) is 5.41 Å². The molecule has 0 bridgehead atoms. The van der Waals surface area contributed by atoms with Gasteiger partial charge in [0.15, 0.2) is 10.8 Å². The molecule has 14 heteroatoms. The van der Waals surface area contributed by atoms with Crippen LogP contribution in [0.25, 0.3) is 0 Å². The standard InChI is InChI=1S/C20H26N6O5S3/c21-5-6-32-9-20(18(29)30)8-26-16(28)14(17(26)34-10-20)24-15(27)13(12-7-33-19(22)23-12)25-31-11-3-1-2-4-11/h1,3,7,11,14,17H,2,4-6,8-10,21H2,(H2,22,23)(H,24,27)(H,29,30)/t11?,14?,17-,20?/m1/s1. The number of thiazole rings is 1. The highest BCUT2D eigenvalue weighted by atomic mass is 32.2. The van der Waals surface area contributed by atoms with Gasteiger partial charge in [-0.05, 0) is 18.9 Å². The van der Waals surface area contributed by atoms with Crippen molar-refractivity contribution in [2.45, 2.75) is 30.4 Å². The minimum Gasteiger partial charge on any atom is -0.481 e. The zero-order valence-corrected chi connectivity index (χ0v) is 20.7. The number of oxime groups is 1. The molecule has 3 aliphatic rings. The fourth-order valence-corrected chi connectivity index (χ4v) is 7.12. The average Bonchev–Trinajstić information content (AvgIpc) is 3.49. The van der Waals surface area contributed by atoms with Crippen LogP contribution >= 0.6 is 34.9 Å². The summed E-state index contributed by atoms with van der Waals surface area (Å²) in [6.45, 7) is 0.561. The summed E-state index contributed by atoms with van der Waals surface area (Å²) in [5, 5.41) is 18.2. The number of aliphatic carboxylic acids is 1. The number of amides is 2. The predicted octanol–water partition coefficient (Wildman–Crippen LogP) is 0.327. The van der Waals surface area contributed by atoms with Crippen LogP contribution in [0.4, 0.5) is 5.13 Å². The summed E-state index contributed by atoms with van der Waals surface area (Å²) in [5.41, 5.74) is 10.4. The van der Waals surface area contributed by atoms with Crippen molar-refractivity contribution < 1.29 is 24.3 Å². The quantitative estimate of drug-likeness (QED) is 0.109. The Morgan fingerprint density at radius 1 is 1.47 bits per heavy atom. The molecule has 0 spiro atoms. The van der Waals surface area contributed by atoms with Crippen LogP contribution in [-0.4, -0.2) is 86.4 Å². The third-order valence-electron chi connectivity index (χ3n) is 5.75. The van der Waals surface area contributed by atoms with Crippen LogP contribution in [0.3, 0.4) is 0 Å². The van der Waals surface area contributed by atoms with Gasteiger partial charge in [-0.15, -0.1) is 23.1 Å². The highest BCUT2D eigenvalue weighted by Gasteiger charge is 2.57. The number of carboxylic acid groups (broad SMARTS) is 1. The Morgan fingerprint density at radius 3 is 2.94 bits per heavy atom. The number of fused-ring (bicyclic) bond motifs is 1. The lowest BCUT2D eigenvalue weighted by atomic mass is 9.89. The van der Waals surface area contributed by atoms with E-state index in [2.05, 4.69) is 15.5 Å². The van der Waals surface area contributed by atoms with E-state index in [0.29, 0.717) is 23.8 Å². The Kier molecular flexibility index (Phi) is 7.70. The fraction of sp³-hybridized carbons (Fsp3) is 0.550. The molecule has 1 aromatic rings. The van der Waals surface area contributed by atoms with Gasteiger partial charge in [0, 0.05) is 35.7 Å². The number of nitrogens with zero attached hydrogens (tertiary/aromatic N) is 3. The lowest BCUT2D eigenvalue weighted by Crippen LogP contribution is -2.74. The largest absolute Gasteiger partial charge is 0.481 e. The van der Waals surface area contributed by atoms with E-state index < -0.39 is 23.3 Å². The number of carboxylic acids is 1. The topological polar surface area (TPSA) is 173 Å². The van der Waals surface area contributed by atoms with Crippen molar-refractivity contribution in [1.82, 2.24) is 15.2 Å². The second-order valence-electron chi connectivity index (χ2n) is 8.21. The molecule has 1 aromatic heterocycles. The third-order valence-corrected chi connectivity index (χ3v) is 9.30. The third kappa shape index (κ3) is 5.04. The Hall–Kier alpha value is -2.29. The number of thioether (sulfide) groups is 2. The summed E-state index contributed by atoms with van der Waals surface area (Å²) in [6, 6.07) is -0.784.